The number of H-pyrrole nitrogens is 2. The quantitative estimate of drug-likeness (QED) is 0.347. The summed E-state index contributed by atoms with van der Waals surface area (Å²) in [7, 11) is 0. The van der Waals surface area contributed by atoms with Gasteiger partial charge in [-0.15, -0.1) is 0 Å². The fraction of sp³-hybridized carbons (Fsp3) is 0.357. The maximum Gasteiger partial charge on any atom is 0.123 e. The molecule has 8 rings (SSSR count). The number of piperidine rings is 2. The summed E-state index contributed by atoms with van der Waals surface area (Å²) >= 11 is 0. The Hall–Kier alpha value is -3.22. The molecule has 0 radical (unpaired) electrons. The van der Waals surface area contributed by atoms with Crippen molar-refractivity contribution in [2.45, 2.75) is 49.9 Å². The monoisotopic (exact) mass is 448 g/mol. The third-order valence-electron chi connectivity index (χ3n) is 8.33. The first kappa shape index (κ1) is 19.1. The second-order valence-electron chi connectivity index (χ2n) is 10.6. The molecule has 0 bridgehead atoms. The van der Waals surface area contributed by atoms with Gasteiger partial charge in [0.2, 0.25) is 0 Å². The number of fused-ring (bicyclic) bond motifs is 2. The lowest BCUT2D eigenvalue weighted by molar-refractivity contribution is 0.543. The molecule has 2 aliphatic carbocycles. The maximum atomic E-state index is 4.65. The lowest BCUT2D eigenvalue weighted by Gasteiger charge is -2.09. The maximum absolute atomic E-state index is 4.65. The van der Waals surface area contributed by atoms with Gasteiger partial charge in [0, 0.05) is 12.1 Å². The number of benzene rings is 2. The van der Waals surface area contributed by atoms with E-state index in [0.717, 1.165) is 47.0 Å². The van der Waals surface area contributed by atoms with E-state index in [9.17, 15) is 0 Å². The van der Waals surface area contributed by atoms with Crippen molar-refractivity contribution in [3.05, 3.63) is 72.6 Å². The molecule has 0 spiro atoms. The Kier molecular flexibility index (Phi) is 4.02. The summed E-state index contributed by atoms with van der Waals surface area (Å²) < 4.78 is 0. The van der Waals surface area contributed by atoms with E-state index in [-0.39, 0.29) is 0 Å². The smallest absolute Gasteiger partial charge is 0.123 e. The molecule has 2 aliphatic heterocycles. The number of nitrogens with one attached hydrogen (secondary N) is 4. The van der Waals surface area contributed by atoms with E-state index in [1.807, 2.05) is 12.4 Å². The highest BCUT2D eigenvalue weighted by atomic mass is 15.1. The molecule has 4 aromatic rings. The summed E-state index contributed by atoms with van der Waals surface area (Å²) in [5.41, 5.74) is 6.95. The molecule has 6 atom stereocenters. The van der Waals surface area contributed by atoms with Gasteiger partial charge >= 0.3 is 0 Å². The molecule has 2 aromatic heterocycles. The van der Waals surface area contributed by atoms with Crippen LogP contribution in [0.25, 0.3) is 33.6 Å². The summed E-state index contributed by atoms with van der Waals surface area (Å²) in [6.45, 7) is 0. The van der Waals surface area contributed by atoms with E-state index >= 15 is 0 Å². The zero-order valence-electron chi connectivity index (χ0n) is 19.0. The Morgan fingerprint density at radius 1 is 0.529 bits per heavy atom. The van der Waals surface area contributed by atoms with Crippen LogP contribution in [0.5, 0.6) is 0 Å². The predicted molar refractivity (Wildman–Crippen MR) is 132 cm³/mol. The van der Waals surface area contributed by atoms with E-state index in [1.165, 1.54) is 47.9 Å². The highest BCUT2D eigenvalue weighted by Crippen LogP contribution is 2.46. The van der Waals surface area contributed by atoms with Gasteiger partial charge in [-0.05, 0) is 59.8 Å². The SMILES string of the molecule is c1cc(-c2cnc([C@@H]3CC4CC4N3)[nH]2)ccc1-c1ccc(-c2cnc([C@@H]3CC4CC4N3)[nH]2)cc1. The van der Waals surface area contributed by atoms with Crippen molar-refractivity contribution in [1.29, 1.82) is 0 Å². The molecule has 6 heteroatoms. The molecule has 6 nitrogen and oxygen atoms in total. The van der Waals surface area contributed by atoms with Gasteiger partial charge in [0.05, 0.1) is 35.9 Å². The minimum Gasteiger partial charge on any atom is -0.341 e. The standard InChI is InChI=1S/C28H28N6/c1-5-17(25-13-29-27(33-25)23-11-19-9-21(19)31-23)6-2-15(1)16-3-7-18(8-4-16)26-14-30-28(34-26)24-12-20-10-22(20)32-24/h1-8,13-14,19-24,31-32H,9-12H2,(H,29,33)(H,30,34)/t19?,20?,21?,22?,23-,24-/m0/s1. The van der Waals surface area contributed by atoms with E-state index in [2.05, 4.69) is 79.1 Å². The highest BCUT2D eigenvalue weighted by molar-refractivity contribution is 5.71. The van der Waals surface area contributed by atoms with Crippen LogP contribution in [-0.2, 0) is 0 Å². The molecule has 2 aromatic carbocycles. The second-order valence-corrected chi connectivity index (χ2v) is 10.6. The first-order valence-corrected chi connectivity index (χ1v) is 12.6. The molecular formula is C28H28N6. The first-order valence-electron chi connectivity index (χ1n) is 12.6. The lowest BCUT2D eigenvalue weighted by Crippen LogP contribution is -2.18. The fourth-order valence-corrected chi connectivity index (χ4v) is 6.07. The molecule has 2 saturated heterocycles. The summed E-state index contributed by atoms with van der Waals surface area (Å²) in [4.78, 5) is 16.4. The third kappa shape index (κ3) is 3.24. The summed E-state index contributed by atoms with van der Waals surface area (Å²) in [6.07, 6.45) is 9.04. The Morgan fingerprint density at radius 3 is 1.32 bits per heavy atom. The van der Waals surface area contributed by atoms with Gasteiger partial charge < -0.3 is 20.6 Å². The van der Waals surface area contributed by atoms with Crippen LogP contribution in [-0.4, -0.2) is 32.0 Å². The van der Waals surface area contributed by atoms with Crippen molar-refractivity contribution in [2.75, 3.05) is 0 Å². The molecule has 4 heterocycles. The zero-order chi connectivity index (χ0) is 22.2. The van der Waals surface area contributed by atoms with Gasteiger partial charge in [0.15, 0.2) is 0 Å². The molecule has 4 fully saturated rings. The number of hydrogen-bond acceptors (Lipinski definition) is 4. The Bertz CT molecular complexity index is 1220. The number of rotatable bonds is 5. The van der Waals surface area contributed by atoms with Crippen LogP contribution in [0.2, 0.25) is 0 Å². The minimum absolute atomic E-state index is 0.390. The topological polar surface area (TPSA) is 81.4 Å². The van der Waals surface area contributed by atoms with Crippen LogP contribution >= 0.6 is 0 Å². The van der Waals surface area contributed by atoms with Crippen LogP contribution < -0.4 is 10.6 Å². The number of hydrogen-bond donors (Lipinski definition) is 4. The van der Waals surface area contributed by atoms with Crippen molar-refractivity contribution in [3.8, 4) is 33.6 Å². The van der Waals surface area contributed by atoms with Gasteiger partial charge in [-0.3, -0.25) is 0 Å². The van der Waals surface area contributed by atoms with Gasteiger partial charge in [0.1, 0.15) is 11.6 Å². The van der Waals surface area contributed by atoms with Crippen molar-refractivity contribution < 1.29 is 0 Å². The average molecular weight is 449 g/mol. The average Bonchev–Trinajstić information content (AvgIpc) is 3.46. The van der Waals surface area contributed by atoms with Crippen LogP contribution in [0.15, 0.2) is 60.9 Å². The number of aromatic nitrogens is 4. The lowest BCUT2D eigenvalue weighted by atomic mass is 10.0. The van der Waals surface area contributed by atoms with Crippen molar-refractivity contribution in [3.63, 3.8) is 0 Å². The summed E-state index contributed by atoms with van der Waals surface area (Å²) in [5.74, 6) is 3.89. The van der Waals surface area contributed by atoms with Gasteiger partial charge in [0.25, 0.3) is 0 Å². The molecular weight excluding hydrogens is 420 g/mol. The predicted octanol–water partition coefficient (Wildman–Crippen LogP) is 4.98. The second kappa shape index (κ2) is 7.14. The number of aromatic amines is 2. The normalized spacial score (nSPS) is 30.8. The largest absolute Gasteiger partial charge is 0.341 e. The number of nitrogens with zero attached hydrogens (tertiary/aromatic N) is 2. The molecule has 4 aliphatic rings. The summed E-state index contributed by atoms with van der Waals surface area (Å²) in [5, 5.41) is 7.34. The fourth-order valence-electron chi connectivity index (χ4n) is 6.07. The molecule has 0 amide bonds. The Labute approximate surface area is 198 Å². The van der Waals surface area contributed by atoms with Crippen molar-refractivity contribution >= 4 is 0 Å². The summed E-state index contributed by atoms with van der Waals surface area (Å²) in [6, 6.07) is 19.7. The van der Waals surface area contributed by atoms with Crippen molar-refractivity contribution in [2.24, 2.45) is 11.8 Å². The molecule has 2 saturated carbocycles. The van der Waals surface area contributed by atoms with Crippen LogP contribution in [0.3, 0.4) is 0 Å². The number of imidazole rings is 2. The first-order chi connectivity index (χ1) is 16.8. The molecule has 4 unspecified atom stereocenters. The van der Waals surface area contributed by atoms with Gasteiger partial charge in [-0.2, -0.15) is 0 Å². The highest BCUT2D eigenvalue weighted by Gasteiger charge is 2.47. The Balaban J connectivity index is 0.972. The van der Waals surface area contributed by atoms with Crippen LogP contribution in [0.1, 0.15) is 49.4 Å². The molecule has 4 N–H and O–H groups in total. The van der Waals surface area contributed by atoms with Crippen molar-refractivity contribution in [1.82, 2.24) is 30.6 Å². The van der Waals surface area contributed by atoms with E-state index in [4.69, 9.17) is 0 Å². The van der Waals surface area contributed by atoms with Crippen LogP contribution in [0, 0.1) is 11.8 Å². The molecule has 170 valence electrons. The third-order valence-corrected chi connectivity index (χ3v) is 8.33. The van der Waals surface area contributed by atoms with E-state index in [0.29, 0.717) is 12.1 Å². The van der Waals surface area contributed by atoms with Gasteiger partial charge in [-0.25, -0.2) is 9.97 Å². The minimum atomic E-state index is 0.390. The van der Waals surface area contributed by atoms with Gasteiger partial charge in [-0.1, -0.05) is 48.5 Å². The van der Waals surface area contributed by atoms with E-state index in [1.54, 1.807) is 0 Å². The van der Waals surface area contributed by atoms with E-state index < -0.39 is 0 Å². The zero-order valence-corrected chi connectivity index (χ0v) is 19.0. The van der Waals surface area contributed by atoms with Crippen LogP contribution in [0.4, 0.5) is 0 Å². The Morgan fingerprint density at radius 2 is 0.941 bits per heavy atom. The molecule has 34 heavy (non-hydrogen) atoms.